The van der Waals surface area contributed by atoms with Gasteiger partial charge in [-0.15, -0.1) is 9.40 Å². The van der Waals surface area contributed by atoms with Crippen molar-refractivity contribution in [3.8, 4) is 11.5 Å². The summed E-state index contributed by atoms with van der Waals surface area (Å²) in [6, 6.07) is 8.11. The maximum absolute atomic E-state index is 13.2. The fourth-order valence-electron chi connectivity index (χ4n) is 7.10. The van der Waals surface area contributed by atoms with Crippen LogP contribution in [0.4, 0.5) is 5.69 Å². The van der Waals surface area contributed by atoms with E-state index in [-0.39, 0.29) is 44.1 Å². The average molecular weight is 804 g/mol. The van der Waals surface area contributed by atoms with Crippen LogP contribution < -0.4 is 20.6 Å². The number of rotatable bonds is 8. The van der Waals surface area contributed by atoms with Gasteiger partial charge in [0.15, 0.2) is 21.3 Å². The van der Waals surface area contributed by atoms with Crippen molar-refractivity contribution < 1.29 is 64.5 Å². The number of fused-ring (bicyclic) bond motifs is 4. The lowest BCUT2D eigenvalue weighted by atomic mass is 9.78. The first-order valence-electron chi connectivity index (χ1n) is 16.3. The monoisotopic (exact) mass is 803 g/mol. The highest BCUT2D eigenvalue weighted by atomic mass is 32.2. The zero-order chi connectivity index (χ0) is 39.4. The highest BCUT2D eigenvalue weighted by molar-refractivity contribution is 7.96. The molecule has 3 unspecified atom stereocenters. The number of benzene rings is 3. The van der Waals surface area contributed by atoms with Crippen LogP contribution in [-0.2, 0) is 54.9 Å². The zero-order valence-electron chi connectivity index (χ0n) is 29.4. The number of ether oxygens (including phenoxy) is 1. The smallest absolute Gasteiger partial charge is 0.363 e. The second-order valence-corrected chi connectivity index (χ2v) is 18.1. The molecule has 7 rings (SSSR count). The van der Waals surface area contributed by atoms with E-state index in [1.54, 1.807) is 19.1 Å². The Morgan fingerprint density at radius 2 is 1.61 bits per heavy atom. The summed E-state index contributed by atoms with van der Waals surface area (Å²) in [6.07, 6.45) is -0.406. The number of hydroxylamine groups is 2. The van der Waals surface area contributed by atoms with Gasteiger partial charge < -0.3 is 14.9 Å². The molecule has 3 aromatic rings. The second kappa shape index (κ2) is 12.6. The molecule has 0 spiro atoms. The van der Waals surface area contributed by atoms with Crippen LogP contribution in [0.3, 0.4) is 0 Å². The number of nitrogens with one attached hydrogen (secondary N) is 1. The standard InChI is InChI=1S/C34H33N3O14S3/c1-14-33(3,4)20-11-18-24(16-7-9-17(10-8-16)32(40)49-37-23(38)13-22(31(37)39)52-51-50-41)19-12-21-26(36-15(2)34(21,5)6)30(54(45,46)47)28(19)48-27(18)29(25(20)35-14)53(42,43)44/h7-12,14-15,22,35,41H,13H2,1-6H3,(H,42,43,44)(H,45,46,47). The molecular weight excluding hydrogens is 771 g/mol. The van der Waals surface area contributed by atoms with E-state index in [4.69, 9.17) is 14.8 Å². The Morgan fingerprint density at radius 1 is 0.963 bits per heavy atom. The highest BCUT2D eigenvalue weighted by Crippen LogP contribution is 2.52. The van der Waals surface area contributed by atoms with Crippen molar-refractivity contribution in [1.29, 1.82) is 0 Å². The van der Waals surface area contributed by atoms with E-state index in [0.717, 1.165) is 0 Å². The molecule has 0 aromatic heterocycles. The van der Waals surface area contributed by atoms with E-state index in [1.165, 1.54) is 24.3 Å². The summed E-state index contributed by atoms with van der Waals surface area (Å²) in [5.74, 6) is -3.72. The molecule has 17 nitrogen and oxygen atoms in total. The summed E-state index contributed by atoms with van der Waals surface area (Å²) in [5, 5.41) is 14.2. The molecule has 1 fully saturated rings. The number of hydrogen-bond donors (Lipinski definition) is 4. The van der Waals surface area contributed by atoms with Gasteiger partial charge >= 0.3 is 5.97 Å². The van der Waals surface area contributed by atoms with Crippen molar-refractivity contribution in [3.05, 3.63) is 74.8 Å². The van der Waals surface area contributed by atoms with Crippen molar-refractivity contribution >= 4 is 61.3 Å². The van der Waals surface area contributed by atoms with Crippen LogP contribution in [0, 0.1) is 0 Å². The van der Waals surface area contributed by atoms with Gasteiger partial charge in [-0.25, -0.2) is 10.1 Å². The van der Waals surface area contributed by atoms with E-state index < -0.39 is 87.9 Å². The summed E-state index contributed by atoms with van der Waals surface area (Å²) in [7, 11) is -10.2. The lowest BCUT2D eigenvalue weighted by Gasteiger charge is -2.29. The molecule has 4 heterocycles. The van der Waals surface area contributed by atoms with Crippen molar-refractivity contribution in [2.75, 3.05) is 5.32 Å². The maximum Gasteiger partial charge on any atom is 0.363 e. The van der Waals surface area contributed by atoms with Gasteiger partial charge in [0.2, 0.25) is 0 Å². The van der Waals surface area contributed by atoms with Crippen LogP contribution in [0.1, 0.15) is 80.6 Å². The van der Waals surface area contributed by atoms with Gasteiger partial charge in [0, 0.05) is 45.3 Å². The molecule has 0 radical (unpaired) electrons. The molecule has 4 aliphatic heterocycles. The Kier molecular flexibility index (Phi) is 8.81. The van der Waals surface area contributed by atoms with Gasteiger partial charge in [-0.2, -0.15) is 16.8 Å². The minimum Gasteiger partial charge on any atom is -0.453 e. The average Bonchev–Trinajstić information content (AvgIpc) is 3.57. The molecule has 2 amide bonds. The number of imide groups is 1. The molecule has 1 saturated heterocycles. The lowest BCUT2D eigenvalue weighted by molar-refractivity contribution is -0.432. The Bertz CT molecular complexity index is 2550. The van der Waals surface area contributed by atoms with Crippen LogP contribution in [-0.4, -0.2) is 71.4 Å². The summed E-state index contributed by atoms with van der Waals surface area (Å²) < 4.78 is 84.7. The SMILES string of the molecule is CC1N=c2c(cc3c(c2S(=O)(=O)O)Oc2c(cc4c(c2S(=O)(=O)O)NC(C)C4(C)C)C=3c2ccc(C(=O)ON3C(=O)CC(SOOO)C3=O)cc2)C1(C)C. The summed E-state index contributed by atoms with van der Waals surface area (Å²) in [6.45, 7) is 11.1. The molecule has 3 atom stereocenters. The predicted octanol–water partition coefficient (Wildman–Crippen LogP) is 3.19. The third-order valence-electron chi connectivity index (χ3n) is 10.7. The number of nitrogens with zero attached hydrogens (tertiary/aromatic N) is 2. The first-order chi connectivity index (χ1) is 25.1. The minimum atomic E-state index is -5.10. The van der Waals surface area contributed by atoms with E-state index in [9.17, 15) is 40.3 Å². The lowest BCUT2D eigenvalue weighted by Crippen LogP contribution is -2.34. The van der Waals surface area contributed by atoms with Crippen LogP contribution in [0.25, 0.3) is 5.57 Å². The predicted molar refractivity (Wildman–Crippen MR) is 188 cm³/mol. The molecular formula is C34H33N3O14S3. The Labute approximate surface area is 312 Å². The van der Waals surface area contributed by atoms with E-state index in [0.29, 0.717) is 28.7 Å². The first kappa shape index (κ1) is 37.9. The number of carbonyl (C=O) groups excluding carboxylic acids is 3. The normalized spacial score (nSPS) is 22.1. The van der Waals surface area contributed by atoms with Crippen LogP contribution in [0.2, 0.25) is 0 Å². The third-order valence-corrected chi connectivity index (χ3v) is 13.3. The first-order valence-corrected chi connectivity index (χ1v) is 20.0. The van der Waals surface area contributed by atoms with Crippen molar-refractivity contribution in [1.82, 2.24) is 5.06 Å². The van der Waals surface area contributed by atoms with Gasteiger partial charge in [-0.1, -0.05) is 44.9 Å². The molecule has 3 aromatic carbocycles. The largest absolute Gasteiger partial charge is 0.453 e. The summed E-state index contributed by atoms with van der Waals surface area (Å²) in [5.41, 5.74) is 0.190. The Balaban J connectivity index is 1.47. The van der Waals surface area contributed by atoms with Gasteiger partial charge in [0.25, 0.3) is 32.1 Å². The van der Waals surface area contributed by atoms with Crippen molar-refractivity contribution in [2.45, 2.75) is 85.9 Å². The van der Waals surface area contributed by atoms with Crippen molar-refractivity contribution in [3.63, 3.8) is 0 Å². The maximum atomic E-state index is 13.2. The molecule has 54 heavy (non-hydrogen) atoms. The van der Waals surface area contributed by atoms with E-state index in [2.05, 4.69) is 19.7 Å². The fraction of sp³-hybridized carbons (Fsp3) is 0.353. The number of carbonyl (C=O) groups is 3. The molecule has 0 bridgehead atoms. The Hall–Kier alpha value is -4.41. The Morgan fingerprint density at radius 3 is 2.22 bits per heavy atom. The molecule has 4 aliphatic rings. The van der Waals surface area contributed by atoms with Gasteiger partial charge in [-0.3, -0.25) is 23.7 Å². The van der Waals surface area contributed by atoms with Crippen LogP contribution >= 0.6 is 12.0 Å². The van der Waals surface area contributed by atoms with Gasteiger partial charge in [0.05, 0.1) is 29.1 Å². The van der Waals surface area contributed by atoms with Crippen LogP contribution in [0.5, 0.6) is 11.5 Å². The quantitative estimate of drug-likeness (QED) is 0.0657. The van der Waals surface area contributed by atoms with Gasteiger partial charge in [0.1, 0.15) is 5.25 Å². The molecule has 20 heteroatoms. The molecule has 0 saturated carbocycles. The minimum absolute atomic E-state index is 0.0563. The number of hydrogen-bond acceptors (Lipinski definition) is 15. The van der Waals surface area contributed by atoms with E-state index in [1.807, 2.05) is 34.6 Å². The molecule has 286 valence electrons. The van der Waals surface area contributed by atoms with Crippen LogP contribution in [0.15, 0.2) is 51.2 Å². The third kappa shape index (κ3) is 5.79. The zero-order valence-corrected chi connectivity index (χ0v) is 31.8. The van der Waals surface area contributed by atoms with E-state index >= 15 is 0 Å². The second-order valence-electron chi connectivity index (χ2n) is 14.4. The molecule has 4 N–H and O–H groups in total. The van der Waals surface area contributed by atoms with Gasteiger partial charge in [-0.05, 0) is 54.8 Å². The van der Waals surface area contributed by atoms with Crippen molar-refractivity contribution in [2.24, 2.45) is 4.99 Å². The topological polar surface area (TPSA) is 245 Å². The summed E-state index contributed by atoms with van der Waals surface area (Å²) >= 11 is 0.343. The highest BCUT2D eigenvalue weighted by Gasteiger charge is 2.46. The fourth-order valence-corrected chi connectivity index (χ4v) is 9.22. The number of anilines is 1. The number of amides is 2. The molecule has 0 aliphatic carbocycles. The summed E-state index contributed by atoms with van der Waals surface area (Å²) in [4.78, 5) is 46.5.